The molecule has 0 atom stereocenters. The SMILES string of the molecule is c1ccc(N(c2ccccc2)c2ccc3sc4c(N(c5ccccc5)c5ccccc5)c(N(c5ccccc5)c5ccc6c(c5)sc5ccccc56)ccc4c3c2)cc1. The largest absolute Gasteiger partial charge is 0.310 e. The topological polar surface area (TPSA) is 9.72 Å². The standard InChI is InChI=1S/C54H37N3S2/c1-6-18-38(19-7-1)55(39-20-8-2-9-21-39)43-31-35-51-48(36-43)47-33-34-49(53(54(47)59-51)57(41-24-12-4-13-25-41)42-26-14-5-15-27-42)56(40-22-10-3-11-23-40)44-30-32-46-45-28-16-17-29-50(45)58-52(46)37-44/h1-37H. The van der Waals surface area contributed by atoms with Crippen molar-refractivity contribution in [2.45, 2.75) is 0 Å². The highest BCUT2D eigenvalue weighted by Crippen LogP contribution is 2.53. The van der Waals surface area contributed by atoms with E-state index >= 15 is 0 Å². The summed E-state index contributed by atoms with van der Waals surface area (Å²) in [6.07, 6.45) is 0. The Bertz CT molecular complexity index is 3140. The van der Waals surface area contributed by atoms with E-state index in [-0.39, 0.29) is 0 Å². The van der Waals surface area contributed by atoms with Gasteiger partial charge in [0.15, 0.2) is 0 Å². The number of para-hydroxylation sites is 5. The lowest BCUT2D eigenvalue weighted by Gasteiger charge is -2.33. The number of nitrogens with zero attached hydrogens (tertiary/aromatic N) is 3. The van der Waals surface area contributed by atoms with Gasteiger partial charge in [0.2, 0.25) is 0 Å². The summed E-state index contributed by atoms with van der Waals surface area (Å²) in [6.45, 7) is 0. The molecule has 59 heavy (non-hydrogen) atoms. The zero-order chi connectivity index (χ0) is 39.1. The molecular formula is C54H37N3S2. The van der Waals surface area contributed by atoms with Gasteiger partial charge in [-0.25, -0.2) is 0 Å². The lowest BCUT2D eigenvalue weighted by molar-refractivity contribution is 1.24. The zero-order valence-corrected chi connectivity index (χ0v) is 33.7. The van der Waals surface area contributed by atoms with Crippen LogP contribution in [-0.4, -0.2) is 0 Å². The molecule has 0 saturated heterocycles. The van der Waals surface area contributed by atoms with Crippen LogP contribution in [0.3, 0.4) is 0 Å². The Balaban J connectivity index is 1.20. The molecule has 9 aromatic carbocycles. The van der Waals surface area contributed by atoms with Crippen LogP contribution in [0.5, 0.6) is 0 Å². The van der Waals surface area contributed by atoms with E-state index < -0.39 is 0 Å². The molecule has 2 aromatic heterocycles. The van der Waals surface area contributed by atoms with Crippen molar-refractivity contribution >= 4 is 114 Å². The quantitative estimate of drug-likeness (QED) is 0.144. The van der Waals surface area contributed by atoms with E-state index in [0.29, 0.717) is 0 Å². The first kappa shape index (κ1) is 35.0. The number of rotatable bonds is 9. The van der Waals surface area contributed by atoms with Gasteiger partial charge in [0.1, 0.15) is 0 Å². The number of fused-ring (bicyclic) bond motifs is 6. The van der Waals surface area contributed by atoms with Crippen molar-refractivity contribution in [1.29, 1.82) is 0 Å². The highest BCUT2D eigenvalue weighted by atomic mass is 32.1. The summed E-state index contributed by atoms with van der Waals surface area (Å²) in [7, 11) is 0. The minimum atomic E-state index is 1.10. The minimum Gasteiger partial charge on any atom is -0.310 e. The van der Waals surface area contributed by atoms with Crippen LogP contribution < -0.4 is 14.7 Å². The summed E-state index contributed by atoms with van der Waals surface area (Å²) in [5.41, 5.74) is 9.98. The maximum Gasteiger partial charge on any atom is 0.0883 e. The van der Waals surface area contributed by atoms with E-state index in [9.17, 15) is 0 Å². The molecule has 280 valence electrons. The summed E-state index contributed by atoms with van der Waals surface area (Å²) >= 11 is 3.72. The van der Waals surface area contributed by atoms with Crippen molar-refractivity contribution in [2.24, 2.45) is 0 Å². The van der Waals surface area contributed by atoms with Gasteiger partial charge < -0.3 is 14.7 Å². The van der Waals surface area contributed by atoms with Gasteiger partial charge in [-0.2, -0.15) is 0 Å². The van der Waals surface area contributed by atoms with E-state index in [1.165, 1.54) is 40.3 Å². The molecule has 0 spiro atoms. The Hall–Kier alpha value is -7.18. The van der Waals surface area contributed by atoms with Crippen LogP contribution in [0.15, 0.2) is 224 Å². The summed E-state index contributed by atoms with van der Waals surface area (Å²) in [6, 6.07) is 81.0. The van der Waals surface area contributed by atoms with E-state index in [4.69, 9.17) is 0 Å². The third-order valence-corrected chi connectivity index (χ3v) is 13.3. The molecule has 5 heteroatoms. The Kier molecular flexibility index (Phi) is 8.88. The monoisotopic (exact) mass is 791 g/mol. The lowest BCUT2D eigenvalue weighted by Crippen LogP contribution is -2.17. The molecule has 3 nitrogen and oxygen atoms in total. The molecule has 0 aliphatic rings. The Labute approximate surface area is 351 Å². The van der Waals surface area contributed by atoms with E-state index in [1.807, 2.05) is 22.7 Å². The molecule has 0 unspecified atom stereocenters. The molecule has 2 heterocycles. The number of hydrogen-bond donors (Lipinski definition) is 0. The van der Waals surface area contributed by atoms with Crippen LogP contribution in [0.4, 0.5) is 51.2 Å². The normalized spacial score (nSPS) is 11.4. The van der Waals surface area contributed by atoms with Crippen molar-refractivity contribution in [1.82, 2.24) is 0 Å². The molecule has 0 radical (unpaired) electrons. The average molecular weight is 792 g/mol. The van der Waals surface area contributed by atoms with Crippen molar-refractivity contribution in [2.75, 3.05) is 14.7 Å². The van der Waals surface area contributed by atoms with Crippen molar-refractivity contribution < 1.29 is 0 Å². The van der Waals surface area contributed by atoms with Crippen LogP contribution in [0.1, 0.15) is 0 Å². The molecule has 0 aliphatic heterocycles. The zero-order valence-electron chi connectivity index (χ0n) is 32.0. The smallest absolute Gasteiger partial charge is 0.0883 e. The van der Waals surface area contributed by atoms with Gasteiger partial charge in [0.25, 0.3) is 0 Å². The van der Waals surface area contributed by atoms with Gasteiger partial charge >= 0.3 is 0 Å². The van der Waals surface area contributed by atoms with Crippen LogP contribution in [-0.2, 0) is 0 Å². The first-order valence-electron chi connectivity index (χ1n) is 19.8. The van der Waals surface area contributed by atoms with Gasteiger partial charge in [0, 0.05) is 75.5 Å². The maximum absolute atomic E-state index is 2.45. The molecular weight excluding hydrogens is 755 g/mol. The van der Waals surface area contributed by atoms with Gasteiger partial charge in [0.05, 0.1) is 16.1 Å². The van der Waals surface area contributed by atoms with Crippen molar-refractivity contribution in [3.63, 3.8) is 0 Å². The molecule has 11 aromatic rings. The van der Waals surface area contributed by atoms with Gasteiger partial charge in [-0.15, -0.1) is 22.7 Å². The molecule has 0 N–H and O–H groups in total. The fraction of sp³-hybridized carbons (Fsp3) is 0. The molecule has 11 rings (SSSR count). The minimum absolute atomic E-state index is 1.10. The molecule has 0 aliphatic carbocycles. The first-order valence-corrected chi connectivity index (χ1v) is 21.5. The van der Waals surface area contributed by atoms with Gasteiger partial charge in [-0.05, 0) is 103 Å². The van der Waals surface area contributed by atoms with Gasteiger partial charge in [-0.3, -0.25) is 0 Å². The Morgan fingerprint density at radius 2 is 0.695 bits per heavy atom. The predicted octanol–water partition coefficient (Wildman–Crippen LogP) is 16.8. The highest BCUT2D eigenvalue weighted by Gasteiger charge is 2.27. The third kappa shape index (κ3) is 6.29. The maximum atomic E-state index is 2.45. The highest BCUT2D eigenvalue weighted by molar-refractivity contribution is 7.26. The fourth-order valence-corrected chi connectivity index (χ4v) is 10.7. The number of hydrogen-bond acceptors (Lipinski definition) is 5. The molecule has 0 amide bonds. The van der Waals surface area contributed by atoms with Crippen LogP contribution in [0, 0.1) is 0 Å². The van der Waals surface area contributed by atoms with E-state index in [1.54, 1.807) is 0 Å². The average Bonchev–Trinajstić information content (AvgIpc) is 3.87. The second-order valence-corrected chi connectivity index (χ2v) is 16.7. The van der Waals surface area contributed by atoms with Crippen molar-refractivity contribution in [3.05, 3.63) is 224 Å². The van der Waals surface area contributed by atoms with Crippen LogP contribution >= 0.6 is 22.7 Å². The van der Waals surface area contributed by atoms with E-state index in [2.05, 4.69) is 239 Å². The first-order chi connectivity index (χ1) is 29.3. The number of benzene rings is 9. The predicted molar refractivity (Wildman–Crippen MR) is 256 cm³/mol. The summed E-state index contributed by atoms with van der Waals surface area (Å²) < 4.78 is 5.03. The number of anilines is 9. The van der Waals surface area contributed by atoms with Crippen LogP contribution in [0.2, 0.25) is 0 Å². The van der Waals surface area contributed by atoms with Crippen molar-refractivity contribution in [3.8, 4) is 0 Å². The van der Waals surface area contributed by atoms with Gasteiger partial charge in [-0.1, -0.05) is 121 Å². The molecule has 0 bridgehead atoms. The Morgan fingerprint density at radius 1 is 0.254 bits per heavy atom. The fourth-order valence-electron chi connectivity index (χ4n) is 8.36. The third-order valence-electron chi connectivity index (χ3n) is 11.0. The molecule has 0 fully saturated rings. The number of thiophene rings is 2. The van der Waals surface area contributed by atoms with Crippen LogP contribution in [0.25, 0.3) is 40.3 Å². The Morgan fingerprint density at radius 3 is 1.29 bits per heavy atom. The second-order valence-electron chi connectivity index (χ2n) is 14.6. The van der Waals surface area contributed by atoms with E-state index in [0.717, 1.165) is 51.2 Å². The summed E-state index contributed by atoms with van der Waals surface area (Å²) in [4.78, 5) is 7.24. The summed E-state index contributed by atoms with van der Waals surface area (Å²) in [5, 5.41) is 5.03. The lowest BCUT2D eigenvalue weighted by atomic mass is 10.0. The second kappa shape index (κ2) is 15.0. The summed E-state index contributed by atoms with van der Waals surface area (Å²) in [5.74, 6) is 0. The molecule has 0 saturated carbocycles.